The maximum absolute atomic E-state index is 11.1. The van der Waals surface area contributed by atoms with Gasteiger partial charge in [-0.25, -0.2) is 0 Å². The van der Waals surface area contributed by atoms with Crippen LogP contribution >= 0.6 is 0 Å². The molecule has 0 radical (unpaired) electrons. The second-order valence-electron chi connectivity index (χ2n) is 3.62. The summed E-state index contributed by atoms with van der Waals surface area (Å²) in [7, 11) is 1.89. The van der Waals surface area contributed by atoms with Gasteiger partial charge < -0.3 is 4.90 Å². The average molecular weight is 155 g/mol. The molecule has 2 atom stereocenters. The van der Waals surface area contributed by atoms with Gasteiger partial charge in [0.25, 0.3) is 0 Å². The smallest absolute Gasteiger partial charge is 0.222 e. The Morgan fingerprint density at radius 2 is 2.36 bits per heavy atom. The highest BCUT2D eigenvalue weighted by Gasteiger charge is 2.29. The van der Waals surface area contributed by atoms with E-state index in [-0.39, 0.29) is 0 Å². The van der Waals surface area contributed by atoms with Gasteiger partial charge in [0.1, 0.15) is 0 Å². The molecule has 1 aliphatic heterocycles. The molecule has 0 saturated carbocycles. The van der Waals surface area contributed by atoms with E-state index in [0.717, 1.165) is 13.0 Å². The van der Waals surface area contributed by atoms with E-state index in [1.807, 2.05) is 11.9 Å². The SMILES string of the molecule is CCC(C)C1CC(=O)N(C)C1. The molecule has 0 N–H and O–H groups in total. The van der Waals surface area contributed by atoms with Crippen LogP contribution in [0.15, 0.2) is 0 Å². The highest BCUT2D eigenvalue weighted by Crippen LogP contribution is 2.25. The quantitative estimate of drug-likeness (QED) is 0.592. The van der Waals surface area contributed by atoms with E-state index in [1.54, 1.807) is 0 Å². The molecule has 1 aliphatic rings. The Balaban J connectivity index is 2.46. The Bertz CT molecular complexity index is 156. The Kier molecular flexibility index (Phi) is 2.53. The summed E-state index contributed by atoms with van der Waals surface area (Å²) in [5.41, 5.74) is 0. The lowest BCUT2D eigenvalue weighted by atomic mass is 9.91. The number of likely N-dealkylation sites (tertiary alicyclic amines) is 1. The first-order valence-corrected chi connectivity index (χ1v) is 4.39. The Morgan fingerprint density at radius 3 is 2.73 bits per heavy atom. The molecule has 1 saturated heterocycles. The van der Waals surface area contributed by atoms with Gasteiger partial charge in [0.15, 0.2) is 0 Å². The molecule has 64 valence electrons. The van der Waals surface area contributed by atoms with Crippen LogP contribution in [0.4, 0.5) is 0 Å². The van der Waals surface area contributed by atoms with Crippen LogP contribution in [0.3, 0.4) is 0 Å². The normalized spacial score (nSPS) is 27.7. The molecule has 0 spiro atoms. The van der Waals surface area contributed by atoms with Crippen molar-refractivity contribution in [1.29, 1.82) is 0 Å². The van der Waals surface area contributed by atoms with Crippen molar-refractivity contribution >= 4 is 5.91 Å². The molecule has 2 unspecified atom stereocenters. The molecule has 1 fully saturated rings. The fourth-order valence-corrected chi connectivity index (χ4v) is 1.61. The van der Waals surface area contributed by atoms with Gasteiger partial charge in [0, 0.05) is 20.0 Å². The van der Waals surface area contributed by atoms with Gasteiger partial charge in [-0.05, 0) is 11.8 Å². The van der Waals surface area contributed by atoms with Gasteiger partial charge in [0.2, 0.25) is 5.91 Å². The van der Waals surface area contributed by atoms with Crippen molar-refractivity contribution in [2.45, 2.75) is 26.7 Å². The van der Waals surface area contributed by atoms with Crippen molar-refractivity contribution in [2.75, 3.05) is 13.6 Å². The van der Waals surface area contributed by atoms with Crippen molar-refractivity contribution in [3.05, 3.63) is 0 Å². The summed E-state index contributed by atoms with van der Waals surface area (Å²) in [6, 6.07) is 0. The van der Waals surface area contributed by atoms with E-state index in [1.165, 1.54) is 6.42 Å². The lowest BCUT2D eigenvalue weighted by molar-refractivity contribution is -0.126. The second kappa shape index (κ2) is 3.24. The summed E-state index contributed by atoms with van der Waals surface area (Å²) in [5.74, 6) is 1.62. The van der Waals surface area contributed by atoms with E-state index in [4.69, 9.17) is 0 Å². The van der Waals surface area contributed by atoms with Crippen LogP contribution in [-0.4, -0.2) is 24.4 Å². The Morgan fingerprint density at radius 1 is 1.73 bits per heavy atom. The van der Waals surface area contributed by atoms with E-state index >= 15 is 0 Å². The first-order valence-electron chi connectivity index (χ1n) is 4.39. The number of nitrogens with zero attached hydrogens (tertiary/aromatic N) is 1. The topological polar surface area (TPSA) is 20.3 Å². The van der Waals surface area contributed by atoms with Gasteiger partial charge in [-0.3, -0.25) is 4.79 Å². The van der Waals surface area contributed by atoms with Crippen molar-refractivity contribution in [3.8, 4) is 0 Å². The minimum Gasteiger partial charge on any atom is -0.345 e. The predicted molar refractivity (Wildman–Crippen MR) is 45.2 cm³/mol. The van der Waals surface area contributed by atoms with Crippen LogP contribution in [0, 0.1) is 11.8 Å². The number of carbonyl (C=O) groups is 1. The van der Waals surface area contributed by atoms with E-state index in [9.17, 15) is 4.79 Å². The number of hydrogen-bond acceptors (Lipinski definition) is 1. The van der Waals surface area contributed by atoms with Gasteiger partial charge in [-0.1, -0.05) is 20.3 Å². The molecule has 1 amide bonds. The molecule has 0 aliphatic carbocycles. The third-order valence-electron chi connectivity index (χ3n) is 2.82. The molecular formula is C9H17NO. The van der Waals surface area contributed by atoms with Crippen molar-refractivity contribution in [3.63, 3.8) is 0 Å². The zero-order valence-electron chi connectivity index (χ0n) is 7.63. The third kappa shape index (κ3) is 1.73. The zero-order valence-corrected chi connectivity index (χ0v) is 7.63. The van der Waals surface area contributed by atoms with Gasteiger partial charge in [-0.15, -0.1) is 0 Å². The lowest BCUT2D eigenvalue weighted by Gasteiger charge is -2.15. The maximum Gasteiger partial charge on any atom is 0.222 e. The van der Waals surface area contributed by atoms with Crippen molar-refractivity contribution in [1.82, 2.24) is 4.90 Å². The zero-order chi connectivity index (χ0) is 8.43. The molecule has 0 aromatic carbocycles. The summed E-state index contributed by atoms with van der Waals surface area (Å²) in [6.07, 6.45) is 1.96. The molecule has 11 heavy (non-hydrogen) atoms. The van der Waals surface area contributed by atoms with E-state index in [2.05, 4.69) is 13.8 Å². The third-order valence-corrected chi connectivity index (χ3v) is 2.82. The van der Waals surface area contributed by atoms with Gasteiger partial charge in [0.05, 0.1) is 0 Å². The number of rotatable bonds is 2. The average Bonchev–Trinajstić information content (AvgIpc) is 2.31. The molecule has 0 bridgehead atoms. The second-order valence-corrected chi connectivity index (χ2v) is 3.62. The van der Waals surface area contributed by atoms with Crippen LogP contribution in [0.1, 0.15) is 26.7 Å². The maximum atomic E-state index is 11.1. The molecule has 2 nitrogen and oxygen atoms in total. The number of hydrogen-bond donors (Lipinski definition) is 0. The molecule has 0 aromatic rings. The summed E-state index contributed by atoms with van der Waals surface area (Å²) in [4.78, 5) is 13.0. The standard InChI is InChI=1S/C9H17NO/c1-4-7(2)8-5-9(11)10(3)6-8/h7-8H,4-6H2,1-3H3. The highest BCUT2D eigenvalue weighted by atomic mass is 16.2. The van der Waals surface area contributed by atoms with E-state index < -0.39 is 0 Å². The number of carbonyl (C=O) groups excluding carboxylic acids is 1. The van der Waals surface area contributed by atoms with Crippen molar-refractivity contribution < 1.29 is 4.79 Å². The van der Waals surface area contributed by atoms with Crippen LogP contribution in [0.25, 0.3) is 0 Å². The first kappa shape index (κ1) is 8.57. The van der Waals surface area contributed by atoms with E-state index in [0.29, 0.717) is 17.7 Å². The molecule has 1 heterocycles. The first-order chi connectivity index (χ1) is 5.15. The van der Waals surface area contributed by atoms with Crippen LogP contribution < -0.4 is 0 Å². The Hall–Kier alpha value is -0.530. The molecule has 1 rings (SSSR count). The van der Waals surface area contributed by atoms with Crippen molar-refractivity contribution in [2.24, 2.45) is 11.8 Å². The fourth-order valence-electron chi connectivity index (χ4n) is 1.61. The van der Waals surface area contributed by atoms with Gasteiger partial charge in [-0.2, -0.15) is 0 Å². The minimum atomic E-state index is 0.315. The molecule has 0 aromatic heterocycles. The summed E-state index contributed by atoms with van der Waals surface area (Å²) < 4.78 is 0. The van der Waals surface area contributed by atoms with Gasteiger partial charge >= 0.3 is 0 Å². The van der Waals surface area contributed by atoms with Crippen LogP contribution in [0.5, 0.6) is 0 Å². The predicted octanol–water partition coefficient (Wildman–Crippen LogP) is 1.51. The largest absolute Gasteiger partial charge is 0.345 e. The molecular weight excluding hydrogens is 138 g/mol. The van der Waals surface area contributed by atoms with Crippen LogP contribution in [-0.2, 0) is 4.79 Å². The number of amides is 1. The fraction of sp³-hybridized carbons (Fsp3) is 0.889. The summed E-state index contributed by atoms with van der Waals surface area (Å²) in [5, 5.41) is 0. The summed E-state index contributed by atoms with van der Waals surface area (Å²) >= 11 is 0. The highest BCUT2D eigenvalue weighted by molar-refractivity contribution is 5.78. The molecule has 2 heteroatoms. The Labute approximate surface area is 68.6 Å². The monoisotopic (exact) mass is 155 g/mol. The van der Waals surface area contributed by atoms with Crippen LogP contribution in [0.2, 0.25) is 0 Å². The summed E-state index contributed by atoms with van der Waals surface area (Å²) in [6.45, 7) is 5.39. The lowest BCUT2D eigenvalue weighted by Crippen LogP contribution is -2.20. The minimum absolute atomic E-state index is 0.315.